The first-order valence-electron chi connectivity index (χ1n) is 9.94. The maximum atomic E-state index is 13.1. The van der Waals surface area contributed by atoms with Gasteiger partial charge in [-0.2, -0.15) is 4.98 Å². The van der Waals surface area contributed by atoms with Crippen molar-refractivity contribution < 1.29 is 5.11 Å². The number of nitrogens with zero attached hydrogens (tertiary/aromatic N) is 2. The molecule has 0 atom stereocenters. The fourth-order valence-corrected chi connectivity index (χ4v) is 6.27. The third-order valence-electron chi connectivity index (χ3n) is 6.02. The molecular formula is C24H17BrN2O2S. The summed E-state index contributed by atoms with van der Waals surface area (Å²) >= 11 is 5.16. The molecule has 4 aromatic rings. The topological polar surface area (TPSA) is 55.1 Å². The van der Waals surface area contributed by atoms with Gasteiger partial charge in [0.1, 0.15) is 16.4 Å². The molecule has 1 N–H and O–H groups in total. The van der Waals surface area contributed by atoms with Gasteiger partial charge >= 0.3 is 0 Å². The SMILES string of the molecule is O=c1nc2n(c3sc4c(c13)CCC4)Cc1ccccc1/C2=C(/O)c1ccc(Br)cc1. The Hall–Kier alpha value is -2.70. The van der Waals surface area contributed by atoms with E-state index in [0.29, 0.717) is 23.5 Å². The van der Waals surface area contributed by atoms with Crippen molar-refractivity contribution in [1.29, 1.82) is 0 Å². The summed E-state index contributed by atoms with van der Waals surface area (Å²) in [6, 6.07) is 15.6. The quantitative estimate of drug-likeness (QED) is 0.323. The molecular weight excluding hydrogens is 460 g/mol. The van der Waals surface area contributed by atoms with Crippen LogP contribution in [0.4, 0.5) is 0 Å². The maximum Gasteiger partial charge on any atom is 0.282 e. The molecule has 2 aromatic heterocycles. The third kappa shape index (κ3) is 2.57. The first kappa shape index (κ1) is 18.1. The van der Waals surface area contributed by atoms with Gasteiger partial charge in [0.2, 0.25) is 0 Å². The van der Waals surface area contributed by atoms with Gasteiger partial charge in [0.25, 0.3) is 5.56 Å². The highest BCUT2D eigenvalue weighted by atomic mass is 79.9. The van der Waals surface area contributed by atoms with Crippen molar-refractivity contribution in [3.63, 3.8) is 0 Å². The number of fused-ring (bicyclic) bond motifs is 6. The molecule has 6 rings (SSSR count). The number of hydrogen-bond acceptors (Lipinski definition) is 4. The van der Waals surface area contributed by atoms with Gasteiger partial charge in [0, 0.05) is 14.9 Å². The standard InChI is InChI=1S/C24H17BrN2O2S/c25-15-10-8-13(9-11-15)21(28)19-16-5-2-1-4-14(16)12-27-22(19)26-23(29)20-17-6-3-7-18(17)30-24(20)27/h1-2,4-5,8-11,28H,3,6-7,12H2/b21-19-. The van der Waals surface area contributed by atoms with Crippen molar-refractivity contribution in [3.05, 3.63) is 96.3 Å². The van der Waals surface area contributed by atoms with Crippen LogP contribution in [0, 0.1) is 0 Å². The Labute approximate surface area is 185 Å². The van der Waals surface area contributed by atoms with Crippen LogP contribution >= 0.6 is 27.3 Å². The zero-order valence-corrected chi connectivity index (χ0v) is 18.4. The monoisotopic (exact) mass is 476 g/mol. The fourth-order valence-electron chi connectivity index (χ4n) is 4.63. The van der Waals surface area contributed by atoms with E-state index in [4.69, 9.17) is 0 Å². The normalized spacial score (nSPS) is 16.3. The molecule has 148 valence electrons. The van der Waals surface area contributed by atoms with Crippen molar-refractivity contribution in [2.45, 2.75) is 25.8 Å². The van der Waals surface area contributed by atoms with Crippen LogP contribution < -0.4 is 5.56 Å². The molecule has 0 radical (unpaired) electrons. The molecule has 6 heteroatoms. The van der Waals surface area contributed by atoms with Crippen LogP contribution in [0.15, 0.2) is 57.8 Å². The van der Waals surface area contributed by atoms with Gasteiger partial charge in [0.05, 0.1) is 17.5 Å². The van der Waals surface area contributed by atoms with Gasteiger partial charge in [-0.3, -0.25) is 4.79 Å². The van der Waals surface area contributed by atoms with Gasteiger partial charge in [0.15, 0.2) is 0 Å². The molecule has 0 saturated heterocycles. The van der Waals surface area contributed by atoms with E-state index < -0.39 is 0 Å². The Bertz CT molecular complexity index is 1430. The molecule has 3 heterocycles. The van der Waals surface area contributed by atoms with E-state index in [-0.39, 0.29) is 11.3 Å². The van der Waals surface area contributed by atoms with Crippen LogP contribution in [0.3, 0.4) is 0 Å². The fraction of sp³-hybridized carbons (Fsp3) is 0.167. The number of aliphatic hydroxyl groups is 1. The second kappa shape index (κ2) is 6.65. The summed E-state index contributed by atoms with van der Waals surface area (Å²) in [5.74, 6) is 0.685. The Kier molecular flexibility index (Phi) is 4.01. The number of aromatic nitrogens is 2. The van der Waals surface area contributed by atoms with Crippen LogP contribution in [0.25, 0.3) is 21.5 Å². The van der Waals surface area contributed by atoms with Crippen molar-refractivity contribution in [2.24, 2.45) is 0 Å². The maximum absolute atomic E-state index is 13.1. The second-order valence-electron chi connectivity index (χ2n) is 7.75. The van der Waals surface area contributed by atoms with Gasteiger partial charge in [-0.1, -0.05) is 52.3 Å². The molecule has 30 heavy (non-hydrogen) atoms. The van der Waals surface area contributed by atoms with Gasteiger partial charge in [-0.15, -0.1) is 11.3 Å². The Morgan fingerprint density at radius 2 is 1.90 bits per heavy atom. The number of rotatable bonds is 1. The number of thiophene rings is 1. The minimum Gasteiger partial charge on any atom is -0.507 e. The van der Waals surface area contributed by atoms with Crippen LogP contribution in [0.2, 0.25) is 0 Å². The highest BCUT2D eigenvalue weighted by Crippen LogP contribution is 2.41. The summed E-state index contributed by atoms with van der Waals surface area (Å²) in [4.78, 5) is 19.9. The number of hydrogen-bond donors (Lipinski definition) is 1. The lowest BCUT2D eigenvalue weighted by atomic mass is 9.92. The smallest absolute Gasteiger partial charge is 0.282 e. The summed E-state index contributed by atoms with van der Waals surface area (Å²) in [5.41, 5.74) is 4.35. The highest BCUT2D eigenvalue weighted by molar-refractivity contribution is 9.10. The predicted molar refractivity (Wildman–Crippen MR) is 124 cm³/mol. The van der Waals surface area contributed by atoms with Crippen molar-refractivity contribution >= 4 is 48.8 Å². The third-order valence-corrected chi connectivity index (χ3v) is 7.86. The number of benzene rings is 2. The summed E-state index contributed by atoms with van der Waals surface area (Å²) in [7, 11) is 0. The van der Waals surface area contributed by atoms with Gasteiger partial charge in [-0.25, -0.2) is 0 Å². The average molecular weight is 477 g/mol. The molecule has 2 aromatic carbocycles. The lowest BCUT2D eigenvalue weighted by Gasteiger charge is -2.25. The van der Waals surface area contributed by atoms with Crippen molar-refractivity contribution in [1.82, 2.24) is 9.55 Å². The lowest BCUT2D eigenvalue weighted by molar-refractivity contribution is 0.512. The van der Waals surface area contributed by atoms with Crippen LogP contribution in [-0.2, 0) is 19.4 Å². The molecule has 1 aliphatic carbocycles. The van der Waals surface area contributed by atoms with Crippen LogP contribution in [0.5, 0.6) is 0 Å². The minimum absolute atomic E-state index is 0.138. The van der Waals surface area contributed by atoms with E-state index in [1.165, 1.54) is 10.4 Å². The van der Waals surface area contributed by atoms with E-state index >= 15 is 0 Å². The average Bonchev–Trinajstić information content (AvgIpc) is 3.34. The Balaban J connectivity index is 1.70. The molecule has 0 amide bonds. The minimum atomic E-state index is -0.184. The van der Waals surface area contributed by atoms with E-state index in [0.717, 1.165) is 45.1 Å². The zero-order valence-electron chi connectivity index (χ0n) is 16.0. The summed E-state index contributed by atoms with van der Waals surface area (Å²) in [5, 5.41) is 12.1. The number of halogens is 1. The van der Waals surface area contributed by atoms with Gasteiger partial charge in [-0.05, 0) is 48.1 Å². The van der Waals surface area contributed by atoms with Crippen molar-refractivity contribution in [3.8, 4) is 0 Å². The van der Waals surface area contributed by atoms with E-state index in [2.05, 4.69) is 31.5 Å². The second-order valence-corrected chi connectivity index (χ2v) is 9.75. The number of aliphatic hydroxyl groups excluding tert-OH is 1. The molecule has 0 fully saturated rings. The molecule has 0 spiro atoms. The molecule has 0 bridgehead atoms. The molecule has 0 saturated carbocycles. The first-order valence-corrected chi connectivity index (χ1v) is 11.6. The van der Waals surface area contributed by atoms with E-state index in [1.807, 2.05) is 42.5 Å². The largest absolute Gasteiger partial charge is 0.507 e. The van der Waals surface area contributed by atoms with Gasteiger partial charge < -0.3 is 9.67 Å². The predicted octanol–water partition coefficient (Wildman–Crippen LogP) is 5.55. The lowest BCUT2D eigenvalue weighted by Crippen LogP contribution is -2.23. The molecule has 4 nitrogen and oxygen atoms in total. The van der Waals surface area contributed by atoms with E-state index in [9.17, 15) is 9.90 Å². The number of aryl methyl sites for hydroxylation is 2. The highest BCUT2D eigenvalue weighted by Gasteiger charge is 2.30. The summed E-state index contributed by atoms with van der Waals surface area (Å²) in [6.45, 7) is 0.645. The molecule has 2 aliphatic rings. The van der Waals surface area contributed by atoms with Crippen LogP contribution in [0.1, 0.15) is 39.4 Å². The zero-order chi connectivity index (χ0) is 20.4. The van der Waals surface area contributed by atoms with Crippen LogP contribution in [-0.4, -0.2) is 14.7 Å². The Morgan fingerprint density at radius 1 is 1.10 bits per heavy atom. The summed E-state index contributed by atoms with van der Waals surface area (Å²) in [6.07, 6.45) is 3.10. The first-order chi connectivity index (χ1) is 14.6. The molecule has 1 aliphatic heterocycles. The van der Waals surface area contributed by atoms with Crippen molar-refractivity contribution in [2.75, 3.05) is 0 Å². The van der Waals surface area contributed by atoms with E-state index in [1.54, 1.807) is 11.3 Å². The molecule has 0 unspecified atom stereocenters. The Morgan fingerprint density at radius 3 is 2.73 bits per heavy atom. The summed E-state index contributed by atoms with van der Waals surface area (Å²) < 4.78 is 3.06.